The van der Waals surface area contributed by atoms with Crippen molar-refractivity contribution in [2.75, 3.05) is 27.4 Å². The Morgan fingerprint density at radius 1 is 1.19 bits per heavy atom. The minimum Gasteiger partial charge on any atom is -0.496 e. The molecule has 3 rings (SSSR count). The summed E-state index contributed by atoms with van der Waals surface area (Å²) in [5, 5.41) is 0. The van der Waals surface area contributed by atoms with Crippen LogP contribution in [0.3, 0.4) is 0 Å². The molecular formula is C20H22N2O4S. The van der Waals surface area contributed by atoms with E-state index in [1.54, 1.807) is 32.4 Å². The predicted octanol–water partition coefficient (Wildman–Crippen LogP) is 3.50. The van der Waals surface area contributed by atoms with Gasteiger partial charge >= 0.3 is 0 Å². The summed E-state index contributed by atoms with van der Waals surface area (Å²) in [6.45, 7) is 3.67. The molecular weight excluding hydrogens is 364 g/mol. The number of benzene rings is 2. The number of fused-ring (bicyclic) bond motifs is 1. The highest BCUT2D eigenvalue weighted by Crippen LogP contribution is 2.24. The lowest BCUT2D eigenvalue weighted by molar-refractivity contribution is 0.0994. The van der Waals surface area contributed by atoms with E-state index in [4.69, 9.17) is 14.2 Å². The zero-order chi connectivity index (χ0) is 19.2. The summed E-state index contributed by atoms with van der Waals surface area (Å²) in [5.74, 6) is 0.970. The Kier molecular flexibility index (Phi) is 6.26. The molecule has 3 aromatic rings. The molecule has 0 bridgehead atoms. The summed E-state index contributed by atoms with van der Waals surface area (Å²) >= 11 is 1.45. The fourth-order valence-corrected chi connectivity index (χ4v) is 3.85. The number of hydrogen-bond donors (Lipinski definition) is 0. The Labute approximate surface area is 161 Å². The average molecular weight is 386 g/mol. The molecule has 142 valence electrons. The van der Waals surface area contributed by atoms with Crippen LogP contribution < -0.4 is 14.3 Å². The molecule has 2 aromatic carbocycles. The largest absolute Gasteiger partial charge is 0.496 e. The molecule has 1 aromatic heterocycles. The summed E-state index contributed by atoms with van der Waals surface area (Å²) in [5.41, 5.74) is 1.43. The van der Waals surface area contributed by atoms with Crippen molar-refractivity contribution in [2.24, 2.45) is 4.99 Å². The second-order valence-electron chi connectivity index (χ2n) is 5.71. The SMILES string of the molecule is CCOc1ccc2c(c1)sc(=NC(=O)c1ccccc1OC)n2CCOC. The Bertz CT molecular complexity index is 1010. The molecule has 0 aliphatic carbocycles. The fourth-order valence-electron chi connectivity index (χ4n) is 2.76. The molecule has 0 atom stereocenters. The second kappa shape index (κ2) is 8.83. The van der Waals surface area contributed by atoms with Crippen molar-refractivity contribution in [1.29, 1.82) is 0 Å². The van der Waals surface area contributed by atoms with Crippen molar-refractivity contribution in [2.45, 2.75) is 13.5 Å². The number of carbonyl (C=O) groups excluding carboxylic acids is 1. The van der Waals surface area contributed by atoms with Gasteiger partial charge in [-0.05, 0) is 37.3 Å². The summed E-state index contributed by atoms with van der Waals surface area (Å²) in [6, 6.07) is 13.0. The van der Waals surface area contributed by atoms with Gasteiger partial charge in [0.25, 0.3) is 5.91 Å². The number of hydrogen-bond acceptors (Lipinski definition) is 5. The number of para-hydroxylation sites is 1. The average Bonchev–Trinajstić information content (AvgIpc) is 3.02. The number of carbonyl (C=O) groups is 1. The van der Waals surface area contributed by atoms with Gasteiger partial charge in [-0.1, -0.05) is 23.5 Å². The monoisotopic (exact) mass is 386 g/mol. The minimum atomic E-state index is -0.338. The molecule has 27 heavy (non-hydrogen) atoms. The summed E-state index contributed by atoms with van der Waals surface area (Å²) < 4.78 is 19.1. The molecule has 0 aliphatic rings. The van der Waals surface area contributed by atoms with Crippen molar-refractivity contribution >= 4 is 27.5 Å². The Balaban J connectivity index is 2.10. The quantitative estimate of drug-likeness (QED) is 0.624. The van der Waals surface area contributed by atoms with Crippen LogP contribution in [0.2, 0.25) is 0 Å². The number of amides is 1. The normalized spacial score (nSPS) is 11.7. The van der Waals surface area contributed by atoms with Crippen LogP contribution in [-0.2, 0) is 11.3 Å². The first-order valence-corrected chi connectivity index (χ1v) is 9.46. The van der Waals surface area contributed by atoms with Gasteiger partial charge in [-0.2, -0.15) is 4.99 Å². The van der Waals surface area contributed by atoms with E-state index in [2.05, 4.69) is 4.99 Å². The number of ether oxygens (including phenoxy) is 3. The molecule has 1 amide bonds. The molecule has 7 heteroatoms. The maximum absolute atomic E-state index is 12.8. The zero-order valence-electron chi connectivity index (χ0n) is 15.6. The van der Waals surface area contributed by atoms with E-state index in [0.717, 1.165) is 16.0 Å². The Morgan fingerprint density at radius 2 is 2.00 bits per heavy atom. The lowest BCUT2D eigenvalue weighted by Crippen LogP contribution is -2.19. The third-order valence-electron chi connectivity index (χ3n) is 4.02. The number of methoxy groups -OCH3 is 2. The van der Waals surface area contributed by atoms with Crippen LogP contribution in [0.1, 0.15) is 17.3 Å². The van der Waals surface area contributed by atoms with E-state index in [1.807, 2.05) is 35.8 Å². The van der Waals surface area contributed by atoms with Gasteiger partial charge in [0.05, 0.1) is 36.1 Å². The third-order valence-corrected chi connectivity index (χ3v) is 5.06. The predicted molar refractivity (Wildman–Crippen MR) is 106 cm³/mol. The standard InChI is InChI=1S/C20H22N2O4S/c1-4-26-14-9-10-16-18(13-14)27-20(22(16)11-12-24-2)21-19(23)15-7-5-6-8-17(15)25-3/h5-10,13H,4,11-12H2,1-3H3. The van der Waals surface area contributed by atoms with Gasteiger partial charge in [0.15, 0.2) is 4.80 Å². The Morgan fingerprint density at radius 3 is 2.74 bits per heavy atom. The molecule has 0 spiro atoms. The van der Waals surface area contributed by atoms with Gasteiger partial charge in [0.1, 0.15) is 11.5 Å². The van der Waals surface area contributed by atoms with E-state index in [9.17, 15) is 4.79 Å². The van der Waals surface area contributed by atoms with Crippen LogP contribution in [0.4, 0.5) is 0 Å². The molecule has 0 saturated carbocycles. The second-order valence-corrected chi connectivity index (χ2v) is 6.72. The molecule has 0 radical (unpaired) electrons. The smallest absolute Gasteiger partial charge is 0.283 e. The van der Waals surface area contributed by atoms with Gasteiger partial charge in [-0.3, -0.25) is 4.79 Å². The van der Waals surface area contributed by atoms with Crippen LogP contribution >= 0.6 is 11.3 Å². The van der Waals surface area contributed by atoms with Crippen molar-refractivity contribution in [1.82, 2.24) is 4.57 Å². The first-order valence-electron chi connectivity index (χ1n) is 8.65. The number of rotatable bonds is 7. The van der Waals surface area contributed by atoms with E-state index in [1.165, 1.54) is 11.3 Å². The van der Waals surface area contributed by atoms with E-state index in [0.29, 0.717) is 35.9 Å². The summed E-state index contributed by atoms with van der Waals surface area (Å²) in [4.78, 5) is 17.7. The van der Waals surface area contributed by atoms with Crippen molar-refractivity contribution in [3.63, 3.8) is 0 Å². The third kappa shape index (κ3) is 4.20. The molecule has 0 saturated heterocycles. The molecule has 0 N–H and O–H groups in total. The van der Waals surface area contributed by atoms with Gasteiger partial charge in [0.2, 0.25) is 0 Å². The van der Waals surface area contributed by atoms with Crippen LogP contribution in [0.15, 0.2) is 47.5 Å². The molecule has 0 fully saturated rings. The van der Waals surface area contributed by atoms with Crippen LogP contribution in [-0.4, -0.2) is 37.9 Å². The van der Waals surface area contributed by atoms with Gasteiger partial charge in [-0.25, -0.2) is 0 Å². The highest BCUT2D eigenvalue weighted by Gasteiger charge is 2.13. The van der Waals surface area contributed by atoms with Crippen molar-refractivity contribution in [3.8, 4) is 11.5 Å². The highest BCUT2D eigenvalue weighted by atomic mass is 32.1. The minimum absolute atomic E-state index is 0.338. The lowest BCUT2D eigenvalue weighted by atomic mass is 10.2. The Hall–Kier alpha value is -2.64. The maximum atomic E-state index is 12.8. The lowest BCUT2D eigenvalue weighted by Gasteiger charge is -2.06. The number of nitrogens with zero attached hydrogens (tertiary/aromatic N) is 2. The van der Waals surface area contributed by atoms with Crippen LogP contribution in [0.5, 0.6) is 11.5 Å². The van der Waals surface area contributed by atoms with Crippen molar-refractivity contribution < 1.29 is 19.0 Å². The van der Waals surface area contributed by atoms with E-state index in [-0.39, 0.29) is 5.91 Å². The highest BCUT2D eigenvalue weighted by molar-refractivity contribution is 7.16. The molecule has 6 nitrogen and oxygen atoms in total. The molecule has 0 aliphatic heterocycles. The van der Waals surface area contributed by atoms with Crippen molar-refractivity contribution in [3.05, 3.63) is 52.8 Å². The van der Waals surface area contributed by atoms with Gasteiger partial charge in [-0.15, -0.1) is 0 Å². The zero-order valence-corrected chi connectivity index (χ0v) is 16.4. The molecule has 0 unspecified atom stereocenters. The van der Waals surface area contributed by atoms with Crippen LogP contribution in [0.25, 0.3) is 10.2 Å². The fraction of sp³-hybridized carbons (Fsp3) is 0.300. The van der Waals surface area contributed by atoms with E-state index < -0.39 is 0 Å². The first-order chi connectivity index (χ1) is 13.2. The number of aromatic nitrogens is 1. The number of thiazole rings is 1. The van der Waals surface area contributed by atoms with Gasteiger partial charge < -0.3 is 18.8 Å². The topological polar surface area (TPSA) is 62.0 Å². The first kappa shape index (κ1) is 19.1. The van der Waals surface area contributed by atoms with Crippen LogP contribution in [0, 0.1) is 0 Å². The molecule has 1 heterocycles. The summed E-state index contributed by atoms with van der Waals surface area (Å²) in [6.07, 6.45) is 0. The summed E-state index contributed by atoms with van der Waals surface area (Å²) in [7, 11) is 3.19. The van der Waals surface area contributed by atoms with E-state index >= 15 is 0 Å². The van der Waals surface area contributed by atoms with Gasteiger partial charge in [0, 0.05) is 13.7 Å². The maximum Gasteiger partial charge on any atom is 0.283 e.